The quantitative estimate of drug-likeness (QED) is 0.619. The number of hydrogen-bond acceptors (Lipinski definition) is 4. The van der Waals surface area contributed by atoms with Crippen molar-refractivity contribution in [3.05, 3.63) is 51.7 Å². The number of thiophene rings is 1. The number of rotatable bonds is 2. The highest BCUT2D eigenvalue weighted by Gasteiger charge is 2.19. The van der Waals surface area contributed by atoms with Gasteiger partial charge in [0.25, 0.3) is 5.91 Å². The molecule has 0 unspecified atom stereocenters. The van der Waals surface area contributed by atoms with Crippen LogP contribution in [0.25, 0.3) is 0 Å². The number of amides is 1. The maximum atomic E-state index is 12.0. The number of para-hydroxylation sites is 1. The van der Waals surface area contributed by atoms with Crippen LogP contribution in [0.15, 0.2) is 42.5 Å². The van der Waals surface area contributed by atoms with Crippen molar-refractivity contribution in [1.82, 2.24) is 15.8 Å². The van der Waals surface area contributed by atoms with Crippen molar-refractivity contribution in [2.45, 2.75) is 0 Å². The molecule has 126 valence electrons. The zero-order chi connectivity index (χ0) is 16.9. The maximum absolute atomic E-state index is 12.0. The molecule has 1 saturated heterocycles. The molecule has 2 aromatic rings. The summed E-state index contributed by atoms with van der Waals surface area (Å²) in [5.74, 6) is -0.239. The van der Waals surface area contributed by atoms with Crippen LogP contribution >= 0.6 is 35.2 Å². The van der Waals surface area contributed by atoms with E-state index >= 15 is 0 Å². The third kappa shape index (κ3) is 4.17. The van der Waals surface area contributed by atoms with Gasteiger partial charge in [-0.05, 0) is 36.5 Å². The van der Waals surface area contributed by atoms with Crippen LogP contribution in [0, 0.1) is 0 Å². The van der Waals surface area contributed by atoms with Gasteiger partial charge in [0.1, 0.15) is 0 Å². The first kappa shape index (κ1) is 17.0. The zero-order valence-corrected chi connectivity index (χ0v) is 15.3. The highest BCUT2D eigenvalue weighted by molar-refractivity contribution is 7.80. The number of hydrogen-bond donors (Lipinski definition) is 2. The number of anilines is 1. The fraction of sp³-hybridized carbons (Fsp3) is 0.250. The Labute approximate surface area is 155 Å². The van der Waals surface area contributed by atoms with E-state index in [9.17, 15) is 4.79 Å². The molecule has 0 bridgehead atoms. The molecule has 2 heterocycles. The van der Waals surface area contributed by atoms with Gasteiger partial charge in [0.2, 0.25) is 0 Å². The fourth-order valence-corrected chi connectivity index (χ4v) is 3.67. The molecule has 0 spiro atoms. The van der Waals surface area contributed by atoms with Gasteiger partial charge in [-0.3, -0.25) is 15.6 Å². The summed E-state index contributed by atoms with van der Waals surface area (Å²) in [6, 6.07) is 13.7. The first-order chi connectivity index (χ1) is 11.6. The van der Waals surface area contributed by atoms with Crippen LogP contribution in [-0.4, -0.2) is 42.1 Å². The van der Waals surface area contributed by atoms with Crippen LogP contribution in [-0.2, 0) is 0 Å². The van der Waals surface area contributed by atoms with Crippen LogP contribution < -0.4 is 15.8 Å². The molecule has 3 rings (SSSR count). The summed E-state index contributed by atoms with van der Waals surface area (Å²) in [6.07, 6.45) is 0. The van der Waals surface area contributed by atoms with Gasteiger partial charge in [-0.1, -0.05) is 29.8 Å². The van der Waals surface area contributed by atoms with Crippen LogP contribution in [0.2, 0.25) is 4.34 Å². The highest BCUT2D eigenvalue weighted by atomic mass is 35.5. The Morgan fingerprint density at radius 1 is 1.04 bits per heavy atom. The van der Waals surface area contributed by atoms with Gasteiger partial charge in [0, 0.05) is 31.9 Å². The predicted molar refractivity (Wildman–Crippen MR) is 103 cm³/mol. The molecular weight excluding hydrogens is 364 g/mol. The summed E-state index contributed by atoms with van der Waals surface area (Å²) in [6.45, 7) is 3.39. The first-order valence-electron chi connectivity index (χ1n) is 7.54. The van der Waals surface area contributed by atoms with E-state index in [1.165, 1.54) is 17.0 Å². The molecule has 8 heteroatoms. The van der Waals surface area contributed by atoms with Crippen molar-refractivity contribution in [2.75, 3.05) is 31.1 Å². The minimum absolute atomic E-state index is 0.239. The number of halogens is 1. The number of benzene rings is 1. The lowest BCUT2D eigenvalue weighted by molar-refractivity contribution is 0.0946. The molecule has 1 aromatic carbocycles. The Morgan fingerprint density at radius 2 is 1.75 bits per heavy atom. The summed E-state index contributed by atoms with van der Waals surface area (Å²) >= 11 is 12.4. The van der Waals surface area contributed by atoms with Gasteiger partial charge < -0.3 is 9.80 Å². The summed E-state index contributed by atoms with van der Waals surface area (Å²) in [4.78, 5) is 16.9. The summed E-state index contributed by atoms with van der Waals surface area (Å²) in [5.41, 5.74) is 6.66. The van der Waals surface area contributed by atoms with Gasteiger partial charge >= 0.3 is 0 Å². The van der Waals surface area contributed by atoms with Crippen molar-refractivity contribution in [3.8, 4) is 0 Å². The second-order valence-corrected chi connectivity index (χ2v) is 7.40. The molecule has 5 nitrogen and oxygen atoms in total. The van der Waals surface area contributed by atoms with E-state index < -0.39 is 0 Å². The Morgan fingerprint density at radius 3 is 2.38 bits per heavy atom. The largest absolute Gasteiger partial charge is 0.368 e. The topological polar surface area (TPSA) is 47.6 Å². The molecule has 1 aromatic heterocycles. The number of carbonyl (C=O) groups excluding carboxylic acids is 1. The van der Waals surface area contributed by atoms with Crippen LogP contribution in [0.4, 0.5) is 5.69 Å². The second-order valence-electron chi connectivity index (χ2n) is 5.30. The third-order valence-electron chi connectivity index (χ3n) is 3.77. The molecule has 2 N–H and O–H groups in total. The zero-order valence-electron chi connectivity index (χ0n) is 12.9. The average Bonchev–Trinajstić information content (AvgIpc) is 3.07. The number of carbonyl (C=O) groups is 1. The first-order valence-corrected chi connectivity index (χ1v) is 9.14. The SMILES string of the molecule is O=C(NNC(=S)N1CCN(c2ccccc2)CC1)c1ccc(Cl)s1. The fourth-order valence-electron chi connectivity index (χ4n) is 2.49. The molecule has 1 amide bonds. The van der Waals surface area contributed by atoms with Crippen LogP contribution in [0.3, 0.4) is 0 Å². The van der Waals surface area contributed by atoms with E-state index in [1.807, 2.05) is 18.2 Å². The Hall–Kier alpha value is -1.83. The lowest BCUT2D eigenvalue weighted by Crippen LogP contribution is -2.55. The van der Waals surface area contributed by atoms with Crippen molar-refractivity contribution in [2.24, 2.45) is 0 Å². The van der Waals surface area contributed by atoms with Gasteiger partial charge in [0.15, 0.2) is 5.11 Å². The van der Waals surface area contributed by atoms with E-state index in [0.717, 1.165) is 26.2 Å². The Balaban J connectivity index is 1.46. The highest BCUT2D eigenvalue weighted by Crippen LogP contribution is 2.21. The third-order valence-corrected chi connectivity index (χ3v) is 5.36. The number of hydrazine groups is 1. The molecule has 24 heavy (non-hydrogen) atoms. The number of thiocarbonyl (C=S) groups is 1. The van der Waals surface area contributed by atoms with Crippen LogP contribution in [0.1, 0.15) is 9.67 Å². The number of nitrogens with one attached hydrogen (secondary N) is 2. The summed E-state index contributed by atoms with van der Waals surface area (Å²) in [5, 5.41) is 0.527. The molecular formula is C16H17ClN4OS2. The van der Waals surface area contributed by atoms with Crippen molar-refractivity contribution < 1.29 is 4.79 Å². The van der Waals surface area contributed by atoms with Crippen molar-refractivity contribution in [3.63, 3.8) is 0 Å². The molecule has 1 aliphatic rings. The van der Waals surface area contributed by atoms with Gasteiger partial charge in [-0.25, -0.2) is 0 Å². The van der Waals surface area contributed by atoms with E-state index in [1.54, 1.807) is 12.1 Å². The average molecular weight is 381 g/mol. The minimum Gasteiger partial charge on any atom is -0.368 e. The van der Waals surface area contributed by atoms with E-state index in [-0.39, 0.29) is 5.91 Å². The molecule has 0 radical (unpaired) electrons. The van der Waals surface area contributed by atoms with Crippen molar-refractivity contribution in [1.29, 1.82) is 0 Å². The minimum atomic E-state index is -0.239. The Bertz CT molecular complexity index is 714. The number of nitrogens with zero attached hydrogens (tertiary/aromatic N) is 2. The smallest absolute Gasteiger partial charge is 0.279 e. The summed E-state index contributed by atoms with van der Waals surface area (Å²) in [7, 11) is 0. The lowest BCUT2D eigenvalue weighted by Gasteiger charge is -2.37. The Kier molecular flexibility index (Phi) is 5.55. The van der Waals surface area contributed by atoms with Crippen molar-refractivity contribution >= 4 is 51.9 Å². The van der Waals surface area contributed by atoms with E-state index in [0.29, 0.717) is 14.3 Å². The summed E-state index contributed by atoms with van der Waals surface area (Å²) < 4.78 is 0.583. The predicted octanol–water partition coefficient (Wildman–Crippen LogP) is 2.74. The molecule has 0 atom stereocenters. The molecule has 1 fully saturated rings. The molecule has 0 saturated carbocycles. The molecule has 1 aliphatic heterocycles. The van der Waals surface area contributed by atoms with Gasteiger partial charge in [-0.2, -0.15) is 0 Å². The van der Waals surface area contributed by atoms with E-state index in [4.69, 9.17) is 23.8 Å². The standard InChI is InChI=1S/C16H17ClN4OS2/c17-14-7-6-13(24-14)15(22)18-19-16(23)21-10-8-20(9-11-21)12-4-2-1-3-5-12/h1-7H,8-11H2,(H,18,22)(H,19,23). The van der Waals surface area contributed by atoms with Gasteiger partial charge in [0.05, 0.1) is 9.21 Å². The lowest BCUT2D eigenvalue weighted by atomic mass is 10.2. The van der Waals surface area contributed by atoms with E-state index in [2.05, 4.69) is 32.8 Å². The maximum Gasteiger partial charge on any atom is 0.279 e. The monoisotopic (exact) mass is 380 g/mol. The van der Waals surface area contributed by atoms with Crippen LogP contribution in [0.5, 0.6) is 0 Å². The van der Waals surface area contributed by atoms with Gasteiger partial charge in [-0.15, -0.1) is 11.3 Å². The normalized spacial score (nSPS) is 14.4. The molecule has 0 aliphatic carbocycles. The number of piperazine rings is 1. The second kappa shape index (κ2) is 7.83.